The molecule has 0 spiro atoms. The largest absolute Gasteiger partial charge is 0.456 e. The monoisotopic (exact) mass is 717 g/mol. The van der Waals surface area contributed by atoms with E-state index in [4.69, 9.17) is 18.8 Å². The van der Waals surface area contributed by atoms with Crippen molar-refractivity contribution in [2.24, 2.45) is 9.98 Å². The predicted molar refractivity (Wildman–Crippen MR) is 231 cm³/mol. The van der Waals surface area contributed by atoms with Gasteiger partial charge >= 0.3 is 0 Å². The van der Waals surface area contributed by atoms with Crippen LogP contribution in [-0.4, -0.2) is 11.7 Å². The Hall–Kier alpha value is -7.50. The van der Waals surface area contributed by atoms with Gasteiger partial charge in [0.15, 0.2) is 5.84 Å². The van der Waals surface area contributed by atoms with Gasteiger partial charge in [0.25, 0.3) is 0 Å². The lowest BCUT2D eigenvalue weighted by molar-refractivity contribution is 0.655. The molecule has 0 aliphatic carbocycles. The third kappa shape index (κ3) is 4.67. The first-order valence-electron chi connectivity index (χ1n) is 18.9. The molecule has 11 aromatic rings. The van der Waals surface area contributed by atoms with Crippen molar-refractivity contribution in [1.29, 1.82) is 0 Å². The quantitative estimate of drug-likeness (QED) is 0.184. The fraction of sp³-hybridized carbons (Fsp3) is 0.0196. The van der Waals surface area contributed by atoms with Crippen molar-refractivity contribution < 1.29 is 8.83 Å². The third-order valence-corrected chi connectivity index (χ3v) is 11.3. The molecule has 1 unspecified atom stereocenters. The molecule has 9 aromatic carbocycles. The second-order valence-electron chi connectivity index (χ2n) is 14.5. The van der Waals surface area contributed by atoms with Crippen LogP contribution in [0.1, 0.15) is 22.9 Å². The molecule has 5 nitrogen and oxygen atoms in total. The van der Waals surface area contributed by atoms with Gasteiger partial charge in [-0.3, -0.25) is 0 Å². The molecule has 262 valence electrons. The summed E-state index contributed by atoms with van der Waals surface area (Å²) in [6.45, 7) is 0. The molecule has 0 fully saturated rings. The molecule has 1 atom stereocenters. The van der Waals surface area contributed by atoms with Crippen LogP contribution in [0.4, 0.5) is 0 Å². The highest BCUT2D eigenvalue weighted by Gasteiger charge is 2.25. The summed E-state index contributed by atoms with van der Waals surface area (Å²) in [4.78, 5) is 10.3. The van der Waals surface area contributed by atoms with E-state index in [1.54, 1.807) is 0 Å². The van der Waals surface area contributed by atoms with Crippen molar-refractivity contribution >= 4 is 87.9 Å². The van der Waals surface area contributed by atoms with E-state index in [9.17, 15) is 0 Å². The molecular weight excluding hydrogens is 687 g/mol. The molecule has 0 saturated carbocycles. The summed E-state index contributed by atoms with van der Waals surface area (Å²) in [5, 5.41) is 15.5. The number of amidine groups is 2. The van der Waals surface area contributed by atoms with Crippen LogP contribution < -0.4 is 5.32 Å². The Kier molecular flexibility index (Phi) is 6.63. The molecule has 12 rings (SSSR count). The van der Waals surface area contributed by atoms with Gasteiger partial charge in [0.05, 0.1) is 0 Å². The molecule has 2 aromatic heterocycles. The topological polar surface area (TPSA) is 63.0 Å². The van der Waals surface area contributed by atoms with Gasteiger partial charge in [-0.15, -0.1) is 0 Å². The third-order valence-electron chi connectivity index (χ3n) is 11.3. The zero-order valence-corrected chi connectivity index (χ0v) is 30.0. The van der Waals surface area contributed by atoms with Crippen molar-refractivity contribution in [3.8, 4) is 11.1 Å². The Morgan fingerprint density at radius 3 is 1.70 bits per heavy atom. The first-order chi connectivity index (χ1) is 27.7. The number of fused-ring (bicyclic) bond motifs is 12. The maximum Gasteiger partial charge on any atom is 0.159 e. The zero-order valence-electron chi connectivity index (χ0n) is 30.0. The lowest BCUT2D eigenvalue weighted by Gasteiger charge is -2.24. The highest BCUT2D eigenvalue weighted by Crippen LogP contribution is 2.42. The zero-order chi connectivity index (χ0) is 36.7. The van der Waals surface area contributed by atoms with Gasteiger partial charge in [0, 0.05) is 38.2 Å². The summed E-state index contributed by atoms with van der Waals surface area (Å²) >= 11 is 0. The van der Waals surface area contributed by atoms with Gasteiger partial charge in [-0.1, -0.05) is 146 Å². The van der Waals surface area contributed by atoms with Gasteiger partial charge in [-0.2, -0.15) is 0 Å². The Bertz CT molecular complexity index is 3430. The van der Waals surface area contributed by atoms with Gasteiger partial charge in [-0.25, -0.2) is 9.98 Å². The highest BCUT2D eigenvalue weighted by atomic mass is 16.3. The Labute approximate surface area is 320 Å². The Morgan fingerprint density at radius 1 is 0.393 bits per heavy atom. The summed E-state index contributed by atoms with van der Waals surface area (Å²) in [6.07, 6.45) is -0.410. The minimum atomic E-state index is -0.410. The molecule has 0 radical (unpaired) electrons. The number of benzene rings is 9. The van der Waals surface area contributed by atoms with Crippen LogP contribution in [0.15, 0.2) is 195 Å². The first kappa shape index (κ1) is 30.9. The van der Waals surface area contributed by atoms with E-state index in [-0.39, 0.29) is 0 Å². The summed E-state index contributed by atoms with van der Waals surface area (Å²) < 4.78 is 12.9. The van der Waals surface area contributed by atoms with Crippen molar-refractivity contribution in [2.45, 2.75) is 6.17 Å². The van der Waals surface area contributed by atoms with Crippen molar-refractivity contribution in [2.75, 3.05) is 0 Å². The van der Waals surface area contributed by atoms with Gasteiger partial charge < -0.3 is 14.2 Å². The van der Waals surface area contributed by atoms with E-state index < -0.39 is 6.17 Å². The lowest BCUT2D eigenvalue weighted by atomic mass is 9.91. The average molecular weight is 718 g/mol. The van der Waals surface area contributed by atoms with Crippen LogP contribution in [0.2, 0.25) is 0 Å². The standard InChI is InChI=1S/C51H31N3O2/c1-2-12-30(13-3-1)49-52-50(54-51(53-49)41-20-11-23-45-48(41)39-18-8-9-21-43(39)55-45)32-25-27-40-46(29-32)56-44-22-10-19-33(47(40)44)31-24-26-38-36-16-5-4-14-34(36)35-15-6-7-17-37(35)42(38)28-31/h1-29,50H,(H,52,53,54). The number of hydrogen-bond acceptors (Lipinski definition) is 5. The van der Waals surface area contributed by atoms with E-state index >= 15 is 0 Å². The van der Waals surface area contributed by atoms with E-state index in [0.29, 0.717) is 5.84 Å². The van der Waals surface area contributed by atoms with Crippen LogP contribution in [0, 0.1) is 0 Å². The van der Waals surface area contributed by atoms with Crippen molar-refractivity contribution in [1.82, 2.24) is 5.32 Å². The van der Waals surface area contributed by atoms with Crippen LogP contribution in [-0.2, 0) is 0 Å². The summed E-state index contributed by atoms with van der Waals surface area (Å²) in [7, 11) is 0. The molecular formula is C51H31N3O2. The van der Waals surface area contributed by atoms with Crippen LogP contribution >= 0.6 is 0 Å². The van der Waals surface area contributed by atoms with Gasteiger partial charge in [0.1, 0.15) is 34.3 Å². The minimum absolute atomic E-state index is 0.410. The predicted octanol–water partition coefficient (Wildman–Crippen LogP) is 13.1. The van der Waals surface area contributed by atoms with Gasteiger partial charge in [0.2, 0.25) is 0 Å². The SMILES string of the molecule is c1ccc(C2=NC(c3ccc4c(c3)oc3cccc(-c5ccc6c7ccccc7c7ccccc7c6c5)c34)NC(c3cccc4oc5ccccc5c34)=N2)cc1. The second-order valence-corrected chi connectivity index (χ2v) is 14.5. The highest BCUT2D eigenvalue weighted by molar-refractivity contribution is 6.26. The molecule has 0 bridgehead atoms. The number of furan rings is 2. The number of nitrogens with one attached hydrogen (secondary N) is 1. The Morgan fingerprint density at radius 2 is 0.946 bits per heavy atom. The number of hydrogen-bond donors (Lipinski definition) is 1. The average Bonchev–Trinajstić information content (AvgIpc) is 3.85. The maximum atomic E-state index is 6.66. The number of para-hydroxylation sites is 1. The fourth-order valence-corrected chi connectivity index (χ4v) is 8.77. The molecule has 56 heavy (non-hydrogen) atoms. The van der Waals surface area contributed by atoms with Crippen LogP contribution in [0.3, 0.4) is 0 Å². The maximum absolute atomic E-state index is 6.66. The molecule has 5 heteroatoms. The van der Waals surface area contributed by atoms with E-state index in [1.165, 1.54) is 32.3 Å². The summed E-state index contributed by atoms with van der Waals surface area (Å²) in [5.74, 6) is 1.40. The van der Waals surface area contributed by atoms with Crippen LogP contribution in [0.5, 0.6) is 0 Å². The lowest BCUT2D eigenvalue weighted by Crippen LogP contribution is -2.33. The molecule has 1 aliphatic rings. The van der Waals surface area contributed by atoms with Crippen LogP contribution in [0.25, 0.3) is 87.3 Å². The molecule has 0 amide bonds. The fourth-order valence-electron chi connectivity index (χ4n) is 8.77. The van der Waals surface area contributed by atoms with Crippen molar-refractivity contribution in [3.63, 3.8) is 0 Å². The van der Waals surface area contributed by atoms with E-state index in [2.05, 4.69) is 133 Å². The summed E-state index contributed by atoms with van der Waals surface area (Å²) in [6, 6.07) is 61.6. The number of aliphatic imine (C=N–C) groups is 2. The van der Waals surface area contributed by atoms with Gasteiger partial charge in [-0.05, 0) is 73.8 Å². The molecule has 1 N–H and O–H groups in total. The molecule has 0 saturated heterocycles. The molecule has 3 heterocycles. The Balaban J connectivity index is 0.995. The van der Waals surface area contributed by atoms with Crippen molar-refractivity contribution in [3.05, 3.63) is 193 Å². The van der Waals surface area contributed by atoms with E-state index in [0.717, 1.165) is 77.5 Å². The van der Waals surface area contributed by atoms with E-state index in [1.807, 2.05) is 48.5 Å². The first-order valence-corrected chi connectivity index (χ1v) is 18.9. The summed E-state index contributed by atoms with van der Waals surface area (Å²) in [5.41, 5.74) is 8.52. The second kappa shape index (κ2) is 12.0. The number of rotatable bonds is 4. The molecule has 1 aliphatic heterocycles. The normalized spacial score (nSPS) is 14.6. The number of nitrogens with zero attached hydrogens (tertiary/aromatic N) is 2. The minimum Gasteiger partial charge on any atom is -0.456 e. The smallest absolute Gasteiger partial charge is 0.159 e.